The number of urea groups is 1. The molecule has 2 saturated carbocycles. The average molecular weight is 264 g/mol. The van der Waals surface area contributed by atoms with Gasteiger partial charge in [0.25, 0.3) is 0 Å². The lowest BCUT2D eigenvalue weighted by molar-refractivity contribution is -0.145. The summed E-state index contributed by atoms with van der Waals surface area (Å²) >= 11 is 0. The minimum absolute atomic E-state index is 0.264. The number of rotatable bonds is 2. The van der Waals surface area contributed by atoms with E-state index in [0.717, 1.165) is 18.8 Å². The van der Waals surface area contributed by atoms with Crippen LogP contribution in [0.1, 0.15) is 45.4 Å². The van der Waals surface area contributed by atoms with Crippen LogP contribution in [0.2, 0.25) is 0 Å². The number of barbiturate groups is 1. The summed E-state index contributed by atoms with van der Waals surface area (Å²) in [6.45, 7) is 2.72. The number of amides is 4. The van der Waals surface area contributed by atoms with Crippen molar-refractivity contribution in [3.63, 3.8) is 0 Å². The summed E-state index contributed by atoms with van der Waals surface area (Å²) in [5, 5.41) is 2.34. The Morgan fingerprint density at radius 1 is 1.16 bits per heavy atom. The second-order valence-corrected chi connectivity index (χ2v) is 6.38. The highest BCUT2D eigenvalue weighted by Gasteiger charge is 2.62. The number of hydrogen-bond donors (Lipinski definition) is 1. The average Bonchev–Trinajstić information content (AvgIpc) is 3.17. The van der Waals surface area contributed by atoms with E-state index in [4.69, 9.17) is 0 Å². The van der Waals surface area contributed by atoms with Crippen molar-refractivity contribution in [2.75, 3.05) is 6.54 Å². The van der Waals surface area contributed by atoms with E-state index in [1.165, 1.54) is 17.7 Å². The molecule has 3 aliphatic rings. The molecule has 5 heteroatoms. The van der Waals surface area contributed by atoms with Gasteiger partial charge in [0.1, 0.15) is 5.41 Å². The van der Waals surface area contributed by atoms with Gasteiger partial charge in [0.2, 0.25) is 11.8 Å². The SMILES string of the molecule is CC1CCC(CN2C(=O)NC(=O)C3(CC3)C2=O)CC1. The Morgan fingerprint density at radius 3 is 2.37 bits per heavy atom. The third kappa shape index (κ3) is 2.05. The highest BCUT2D eigenvalue weighted by molar-refractivity contribution is 6.20. The lowest BCUT2D eigenvalue weighted by Gasteiger charge is -2.34. The quantitative estimate of drug-likeness (QED) is 0.771. The maximum absolute atomic E-state index is 12.3. The van der Waals surface area contributed by atoms with Gasteiger partial charge in [-0.05, 0) is 37.5 Å². The van der Waals surface area contributed by atoms with Gasteiger partial charge in [-0.2, -0.15) is 0 Å². The number of imide groups is 2. The van der Waals surface area contributed by atoms with E-state index < -0.39 is 17.4 Å². The molecule has 0 unspecified atom stereocenters. The van der Waals surface area contributed by atoms with Crippen molar-refractivity contribution in [1.82, 2.24) is 10.2 Å². The molecule has 4 amide bonds. The van der Waals surface area contributed by atoms with Crippen molar-refractivity contribution in [2.45, 2.75) is 45.4 Å². The molecule has 1 heterocycles. The molecule has 2 aliphatic carbocycles. The van der Waals surface area contributed by atoms with Crippen LogP contribution in [0, 0.1) is 17.3 Å². The minimum Gasteiger partial charge on any atom is -0.277 e. The smallest absolute Gasteiger partial charge is 0.277 e. The lowest BCUT2D eigenvalue weighted by Crippen LogP contribution is -2.60. The molecule has 0 aromatic rings. The van der Waals surface area contributed by atoms with E-state index in [2.05, 4.69) is 12.2 Å². The third-order valence-corrected chi connectivity index (χ3v) is 4.88. The normalized spacial score (nSPS) is 33.5. The van der Waals surface area contributed by atoms with Crippen molar-refractivity contribution in [1.29, 1.82) is 0 Å². The van der Waals surface area contributed by atoms with Gasteiger partial charge < -0.3 is 0 Å². The zero-order chi connectivity index (χ0) is 13.6. The van der Waals surface area contributed by atoms with Crippen LogP contribution in [0.5, 0.6) is 0 Å². The minimum atomic E-state index is -0.893. The predicted octanol–water partition coefficient (Wildman–Crippen LogP) is 1.67. The molecule has 0 atom stereocenters. The van der Waals surface area contributed by atoms with Crippen molar-refractivity contribution < 1.29 is 14.4 Å². The second-order valence-electron chi connectivity index (χ2n) is 6.38. The molecule has 1 saturated heterocycles. The van der Waals surface area contributed by atoms with Crippen LogP contribution in [0.15, 0.2) is 0 Å². The van der Waals surface area contributed by atoms with E-state index >= 15 is 0 Å². The van der Waals surface area contributed by atoms with Crippen molar-refractivity contribution in [3.05, 3.63) is 0 Å². The van der Waals surface area contributed by atoms with Crippen LogP contribution >= 0.6 is 0 Å². The molecular formula is C14H20N2O3. The molecular weight excluding hydrogens is 244 g/mol. The van der Waals surface area contributed by atoms with E-state index in [1.54, 1.807) is 0 Å². The second kappa shape index (κ2) is 4.32. The van der Waals surface area contributed by atoms with Crippen LogP contribution in [-0.2, 0) is 9.59 Å². The maximum Gasteiger partial charge on any atom is 0.330 e. The molecule has 0 radical (unpaired) electrons. The standard InChI is InChI=1S/C14H20N2O3/c1-9-2-4-10(5-3-9)8-16-12(18)14(6-7-14)11(17)15-13(16)19/h9-10H,2-8H2,1H3,(H,15,17,19). The zero-order valence-electron chi connectivity index (χ0n) is 11.3. The van der Waals surface area contributed by atoms with Gasteiger partial charge in [-0.15, -0.1) is 0 Å². The van der Waals surface area contributed by atoms with Crippen LogP contribution in [0.25, 0.3) is 0 Å². The summed E-state index contributed by atoms with van der Waals surface area (Å²) in [5.74, 6) is 0.490. The highest BCUT2D eigenvalue weighted by atomic mass is 16.2. The molecule has 0 aromatic carbocycles. The molecule has 1 spiro atoms. The van der Waals surface area contributed by atoms with Gasteiger partial charge in [-0.25, -0.2) is 4.79 Å². The first-order chi connectivity index (χ1) is 9.03. The fraction of sp³-hybridized carbons (Fsp3) is 0.786. The van der Waals surface area contributed by atoms with Gasteiger partial charge in [0.05, 0.1) is 0 Å². The topological polar surface area (TPSA) is 66.5 Å². The summed E-state index contributed by atoms with van der Waals surface area (Å²) in [6, 6.07) is -0.522. The molecule has 1 aliphatic heterocycles. The largest absolute Gasteiger partial charge is 0.330 e. The lowest BCUT2D eigenvalue weighted by atomic mass is 9.82. The van der Waals surface area contributed by atoms with Crippen molar-refractivity contribution in [2.24, 2.45) is 17.3 Å². The Kier molecular flexibility index (Phi) is 2.87. The summed E-state index contributed by atoms with van der Waals surface area (Å²) in [4.78, 5) is 37.1. The Labute approximate surface area is 112 Å². The van der Waals surface area contributed by atoms with Gasteiger partial charge in [-0.1, -0.05) is 19.8 Å². The first-order valence-corrected chi connectivity index (χ1v) is 7.20. The molecule has 0 aromatic heterocycles. The van der Waals surface area contributed by atoms with Crippen molar-refractivity contribution >= 4 is 17.8 Å². The fourth-order valence-electron chi connectivity index (χ4n) is 3.23. The summed E-state index contributed by atoms with van der Waals surface area (Å²) in [7, 11) is 0. The number of carbonyl (C=O) groups excluding carboxylic acids is 3. The summed E-state index contributed by atoms with van der Waals surface area (Å²) < 4.78 is 0. The number of nitrogens with one attached hydrogen (secondary N) is 1. The predicted molar refractivity (Wildman–Crippen MR) is 68.0 cm³/mol. The first-order valence-electron chi connectivity index (χ1n) is 7.20. The van der Waals surface area contributed by atoms with E-state index in [0.29, 0.717) is 25.3 Å². The van der Waals surface area contributed by atoms with Gasteiger partial charge >= 0.3 is 6.03 Å². The maximum atomic E-state index is 12.3. The summed E-state index contributed by atoms with van der Waals surface area (Å²) in [5.41, 5.74) is -0.893. The Hall–Kier alpha value is -1.39. The van der Waals surface area contributed by atoms with Gasteiger partial charge in [-0.3, -0.25) is 19.8 Å². The van der Waals surface area contributed by atoms with Crippen LogP contribution in [0.3, 0.4) is 0 Å². The molecule has 19 heavy (non-hydrogen) atoms. The van der Waals surface area contributed by atoms with Gasteiger partial charge in [0, 0.05) is 6.54 Å². The van der Waals surface area contributed by atoms with E-state index in [9.17, 15) is 14.4 Å². The van der Waals surface area contributed by atoms with Crippen LogP contribution in [0.4, 0.5) is 4.79 Å². The molecule has 1 N–H and O–H groups in total. The van der Waals surface area contributed by atoms with Crippen molar-refractivity contribution in [3.8, 4) is 0 Å². The first kappa shape index (κ1) is 12.6. The number of carbonyl (C=O) groups is 3. The summed E-state index contributed by atoms with van der Waals surface area (Å²) in [6.07, 6.45) is 5.64. The molecule has 104 valence electrons. The molecule has 5 nitrogen and oxygen atoms in total. The monoisotopic (exact) mass is 264 g/mol. The van der Waals surface area contributed by atoms with E-state index in [1.807, 2.05) is 0 Å². The Bertz CT molecular complexity index is 434. The Balaban J connectivity index is 1.68. The van der Waals surface area contributed by atoms with Gasteiger partial charge in [0.15, 0.2) is 0 Å². The molecule has 0 bridgehead atoms. The molecule has 3 rings (SSSR count). The van der Waals surface area contributed by atoms with E-state index in [-0.39, 0.29) is 5.91 Å². The highest BCUT2D eigenvalue weighted by Crippen LogP contribution is 2.49. The van der Waals surface area contributed by atoms with Crippen LogP contribution < -0.4 is 5.32 Å². The number of hydrogen-bond acceptors (Lipinski definition) is 3. The Morgan fingerprint density at radius 2 is 1.79 bits per heavy atom. The number of nitrogens with zero attached hydrogens (tertiary/aromatic N) is 1. The zero-order valence-corrected chi connectivity index (χ0v) is 11.3. The third-order valence-electron chi connectivity index (χ3n) is 4.88. The fourth-order valence-corrected chi connectivity index (χ4v) is 3.23. The molecule has 3 fully saturated rings. The van der Waals surface area contributed by atoms with Crippen LogP contribution in [-0.4, -0.2) is 29.3 Å².